The van der Waals surface area contributed by atoms with Gasteiger partial charge in [-0.15, -0.1) is 0 Å². The Bertz CT molecular complexity index is 329. The van der Waals surface area contributed by atoms with E-state index in [1.807, 2.05) is 19.9 Å². The first-order valence-corrected chi connectivity index (χ1v) is 7.38. The number of carbonyl (C=O) groups is 2. The lowest BCUT2D eigenvalue weighted by atomic mass is 10.2. The van der Waals surface area contributed by atoms with Crippen molar-refractivity contribution in [3.63, 3.8) is 0 Å². The van der Waals surface area contributed by atoms with Crippen LogP contribution in [-0.2, 0) is 9.53 Å². The fourth-order valence-electron chi connectivity index (χ4n) is 1.11. The Labute approximate surface area is 118 Å². The summed E-state index contributed by atoms with van der Waals surface area (Å²) in [6, 6.07) is 1.95. The molecule has 0 saturated heterocycles. The zero-order chi connectivity index (χ0) is 14.7. The Hall–Kier alpha value is -1.42. The minimum atomic E-state index is -0.516. The molecule has 0 spiro atoms. The zero-order valence-corrected chi connectivity index (χ0v) is 12.4. The summed E-state index contributed by atoms with van der Waals surface area (Å²) >= 11 is 1.34. The maximum atomic E-state index is 11.7. The topological polar surface area (TPSA) is 91.2 Å². The summed E-state index contributed by atoms with van der Waals surface area (Å²) < 4.78 is 4.94. The normalized spacial score (nSPS) is 11.5. The lowest BCUT2D eigenvalue weighted by Crippen LogP contribution is -2.41. The summed E-state index contributed by atoms with van der Waals surface area (Å²) in [4.78, 5) is 23.0. The highest BCUT2D eigenvalue weighted by atomic mass is 32.2. The van der Waals surface area contributed by atoms with Crippen LogP contribution in [0.25, 0.3) is 0 Å². The molecule has 0 aliphatic heterocycles. The van der Waals surface area contributed by atoms with Crippen molar-refractivity contribution in [2.45, 2.75) is 25.5 Å². The van der Waals surface area contributed by atoms with E-state index in [0.29, 0.717) is 13.2 Å². The van der Waals surface area contributed by atoms with Gasteiger partial charge < -0.3 is 15.4 Å². The van der Waals surface area contributed by atoms with E-state index in [2.05, 4.69) is 10.6 Å². The van der Waals surface area contributed by atoms with Crippen molar-refractivity contribution in [1.29, 1.82) is 5.26 Å². The van der Waals surface area contributed by atoms with E-state index in [1.165, 1.54) is 11.8 Å². The molecule has 0 heterocycles. The monoisotopic (exact) mass is 287 g/mol. The van der Waals surface area contributed by atoms with Crippen LogP contribution in [-0.4, -0.2) is 43.2 Å². The second kappa shape index (κ2) is 10.5. The molecule has 2 N–H and O–H groups in total. The molecule has 0 aromatic rings. The number of amides is 2. The third kappa shape index (κ3) is 9.19. The van der Waals surface area contributed by atoms with Crippen molar-refractivity contribution in [2.75, 3.05) is 26.0 Å². The van der Waals surface area contributed by atoms with Gasteiger partial charge in [0.15, 0.2) is 0 Å². The van der Waals surface area contributed by atoms with Gasteiger partial charge in [0.1, 0.15) is 5.25 Å². The SMILES string of the molecule is CSC(CNC(=O)OCC(C)C)C(=O)NCCC#N. The van der Waals surface area contributed by atoms with Crippen LogP contribution in [0.1, 0.15) is 20.3 Å². The molecular formula is C12H21N3O3S. The Kier molecular flexibility index (Phi) is 9.71. The summed E-state index contributed by atoms with van der Waals surface area (Å²) in [6.07, 6.45) is 1.55. The predicted octanol–water partition coefficient (Wildman–Crippen LogP) is 1.13. The third-order valence-electron chi connectivity index (χ3n) is 2.09. The van der Waals surface area contributed by atoms with Gasteiger partial charge >= 0.3 is 6.09 Å². The van der Waals surface area contributed by atoms with Crippen molar-refractivity contribution >= 4 is 23.8 Å². The van der Waals surface area contributed by atoms with E-state index in [-0.39, 0.29) is 30.0 Å². The first-order valence-electron chi connectivity index (χ1n) is 6.09. The van der Waals surface area contributed by atoms with Gasteiger partial charge in [-0.2, -0.15) is 17.0 Å². The predicted molar refractivity (Wildman–Crippen MR) is 74.7 cm³/mol. The molecule has 0 saturated carbocycles. The molecule has 0 rings (SSSR count). The van der Waals surface area contributed by atoms with Gasteiger partial charge in [-0.3, -0.25) is 4.79 Å². The molecule has 0 bridgehead atoms. The first-order chi connectivity index (χ1) is 9.01. The molecule has 2 amide bonds. The molecule has 1 atom stereocenters. The minimum absolute atomic E-state index is 0.188. The van der Waals surface area contributed by atoms with Crippen LogP contribution in [0, 0.1) is 17.2 Å². The molecule has 108 valence electrons. The number of hydrogen-bond donors (Lipinski definition) is 2. The maximum Gasteiger partial charge on any atom is 0.407 e. The van der Waals surface area contributed by atoms with Gasteiger partial charge in [0, 0.05) is 13.1 Å². The van der Waals surface area contributed by atoms with Crippen molar-refractivity contribution in [2.24, 2.45) is 5.92 Å². The highest BCUT2D eigenvalue weighted by Gasteiger charge is 2.18. The molecule has 0 fully saturated rings. The number of rotatable bonds is 8. The standard InChI is InChI=1S/C12H21N3O3S/c1-9(2)8-18-12(17)15-7-10(19-3)11(16)14-6-4-5-13/h9-10H,4,6-8H2,1-3H3,(H,14,16)(H,15,17). The van der Waals surface area contributed by atoms with E-state index in [4.69, 9.17) is 10.00 Å². The second-order valence-corrected chi connectivity index (χ2v) is 5.34. The molecule has 19 heavy (non-hydrogen) atoms. The number of nitrogens with one attached hydrogen (secondary N) is 2. The van der Waals surface area contributed by atoms with Gasteiger partial charge in [0.25, 0.3) is 0 Å². The number of hydrogen-bond acceptors (Lipinski definition) is 5. The average Bonchev–Trinajstić information content (AvgIpc) is 2.37. The molecule has 0 aromatic carbocycles. The second-order valence-electron chi connectivity index (χ2n) is 4.30. The van der Waals surface area contributed by atoms with Gasteiger partial charge in [0.05, 0.1) is 19.1 Å². The van der Waals surface area contributed by atoms with E-state index < -0.39 is 6.09 Å². The Balaban J connectivity index is 3.95. The van der Waals surface area contributed by atoms with E-state index in [1.54, 1.807) is 6.26 Å². The highest BCUT2D eigenvalue weighted by molar-refractivity contribution is 7.99. The lowest BCUT2D eigenvalue weighted by Gasteiger charge is -2.15. The Morgan fingerprint density at radius 1 is 1.37 bits per heavy atom. The molecule has 6 nitrogen and oxygen atoms in total. The van der Waals surface area contributed by atoms with Crippen LogP contribution in [0.2, 0.25) is 0 Å². The number of nitrogens with zero attached hydrogens (tertiary/aromatic N) is 1. The van der Waals surface area contributed by atoms with Crippen LogP contribution in [0.5, 0.6) is 0 Å². The summed E-state index contributed by atoms with van der Waals surface area (Å²) in [6.45, 7) is 4.77. The first kappa shape index (κ1) is 17.6. The fourth-order valence-corrected chi connectivity index (χ4v) is 1.66. The Morgan fingerprint density at radius 3 is 2.58 bits per heavy atom. The molecule has 0 aromatic heterocycles. The lowest BCUT2D eigenvalue weighted by molar-refractivity contribution is -0.120. The van der Waals surface area contributed by atoms with Crippen LogP contribution < -0.4 is 10.6 Å². The number of ether oxygens (including phenoxy) is 1. The van der Waals surface area contributed by atoms with Crippen LogP contribution in [0.3, 0.4) is 0 Å². The van der Waals surface area contributed by atoms with Crippen LogP contribution in [0.4, 0.5) is 4.79 Å². The fraction of sp³-hybridized carbons (Fsp3) is 0.750. The quantitative estimate of drug-likeness (QED) is 0.653. The molecule has 0 radical (unpaired) electrons. The maximum absolute atomic E-state index is 11.7. The summed E-state index contributed by atoms with van der Waals surface area (Å²) in [5.74, 6) is 0.0864. The van der Waals surface area contributed by atoms with Gasteiger partial charge in [-0.25, -0.2) is 4.79 Å². The molecule has 1 unspecified atom stereocenters. The number of nitriles is 1. The smallest absolute Gasteiger partial charge is 0.407 e. The largest absolute Gasteiger partial charge is 0.449 e. The summed E-state index contributed by atoms with van der Waals surface area (Å²) in [5.41, 5.74) is 0. The summed E-state index contributed by atoms with van der Waals surface area (Å²) in [5, 5.41) is 13.2. The van der Waals surface area contributed by atoms with Crippen molar-refractivity contribution in [3.05, 3.63) is 0 Å². The number of carbonyl (C=O) groups excluding carboxylic acids is 2. The van der Waals surface area contributed by atoms with Crippen LogP contribution in [0.15, 0.2) is 0 Å². The van der Waals surface area contributed by atoms with E-state index in [0.717, 1.165) is 0 Å². The van der Waals surface area contributed by atoms with Crippen LogP contribution >= 0.6 is 11.8 Å². The molecule has 7 heteroatoms. The van der Waals surface area contributed by atoms with Gasteiger partial charge in [-0.1, -0.05) is 13.8 Å². The Morgan fingerprint density at radius 2 is 2.05 bits per heavy atom. The van der Waals surface area contributed by atoms with Crippen molar-refractivity contribution in [3.8, 4) is 6.07 Å². The third-order valence-corrected chi connectivity index (χ3v) is 3.04. The minimum Gasteiger partial charge on any atom is -0.449 e. The molecule has 0 aliphatic rings. The van der Waals surface area contributed by atoms with Crippen molar-refractivity contribution in [1.82, 2.24) is 10.6 Å². The molecular weight excluding hydrogens is 266 g/mol. The molecule has 0 aliphatic carbocycles. The number of alkyl carbamates (subject to hydrolysis) is 1. The average molecular weight is 287 g/mol. The zero-order valence-electron chi connectivity index (χ0n) is 11.6. The van der Waals surface area contributed by atoms with Crippen molar-refractivity contribution < 1.29 is 14.3 Å². The summed E-state index contributed by atoms with van der Waals surface area (Å²) in [7, 11) is 0. The van der Waals surface area contributed by atoms with E-state index in [9.17, 15) is 9.59 Å². The van der Waals surface area contributed by atoms with Gasteiger partial charge in [0.2, 0.25) is 5.91 Å². The van der Waals surface area contributed by atoms with Gasteiger partial charge in [-0.05, 0) is 12.2 Å². The highest BCUT2D eigenvalue weighted by Crippen LogP contribution is 2.05. The van der Waals surface area contributed by atoms with E-state index >= 15 is 0 Å². The number of thioether (sulfide) groups is 1.